The van der Waals surface area contributed by atoms with Crippen LogP contribution < -0.4 is 14.8 Å². The van der Waals surface area contributed by atoms with Gasteiger partial charge >= 0.3 is 6.09 Å². The summed E-state index contributed by atoms with van der Waals surface area (Å²) in [6.45, 7) is 13.8. The van der Waals surface area contributed by atoms with Gasteiger partial charge in [-0.05, 0) is 45.1 Å². The molecule has 0 bridgehead atoms. The zero-order valence-corrected chi connectivity index (χ0v) is 18.8. The average Bonchev–Trinajstić information content (AvgIpc) is 2.64. The normalized spacial score (nSPS) is 12.8. The molecule has 0 heterocycles. The molecule has 1 aromatic rings. The number of benzene rings is 1. The SMILES string of the molecule is CCC(C)(C)COc1cc([N+](=O)[O-])c(C(C)OC(=O)NC(C)(C)CC)cc1OC. The zero-order chi connectivity index (χ0) is 22.4. The summed E-state index contributed by atoms with van der Waals surface area (Å²) in [5, 5.41) is 14.4. The van der Waals surface area contributed by atoms with Crippen LogP contribution in [0.4, 0.5) is 10.5 Å². The third kappa shape index (κ3) is 7.11. The van der Waals surface area contributed by atoms with Gasteiger partial charge in [0.05, 0.1) is 30.3 Å². The summed E-state index contributed by atoms with van der Waals surface area (Å²) >= 11 is 0. The molecule has 0 aliphatic heterocycles. The number of carbonyl (C=O) groups is 1. The first kappa shape index (κ1) is 24.5. The monoisotopic (exact) mass is 410 g/mol. The molecule has 1 unspecified atom stereocenters. The van der Waals surface area contributed by atoms with E-state index in [1.165, 1.54) is 19.2 Å². The number of alkyl carbamates (subject to hydrolysis) is 1. The van der Waals surface area contributed by atoms with E-state index < -0.39 is 22.7 Å². The van der Waals surface area contributed by atoms with E-state index in [0.29, 0.717) is 18.8 Å². The number of nitro benzene ring substituents is 1. The minimum absolute atomic E-state index is 0.0843. The van der Waals surface area contributed by atoms with E-state index in [1.807, 2.05) is 20.8 Å². The van der Waals surface area contributed by atoms with Gasteiger partial charge in [0.2, 0.25) is 0 Å². The molecule has 1 atom stereocenters. The Morgan fingerprint density at radius 1 is 1.17 bits per heavy atom. The molecule has 1 N–H and O–H groups in total. The van der Waals surface area contributed by atoms with Gasteiger partial charge in [0.15, 0.2) is 11.5 Å². The molecule has 1 rings (SSSR count). The predicted molar refractivity (Wildman–Crippen MR) is 112 cm³/mol. The lowest BCUT2D eigenvalue weighted by Gasteiger charge is -2.26. The molecule has 0 saturated heterocycles. The lowest BCUT2D eigenvalue weighted by Crippen LogP contribution is -2.43. The van der Waals surface area contributed by atoms with Gasteiger partial charge in [0.1, 0.15) is 6.10 Å². The van der Waals surface area contributed by atoms with E-state index in [2.05, 4.69) is 26.1 Å². The molecule has 0 aromatic heterocycles. The second kappa shape index (κ2) is 9.80. The number of nitro groups is 1. The van der Waals surface area contributed by atoms with Crippen LogP contribution >= 0.6 is 0 Å². The van der Waals surface area contributed by atoms with Crippen LogP contribution in [0.15, 0.2) is 12.1 Å². The molecule has 0 aliphatic carbocycles. The van der Waals surface area contributed by atoms with Crippen LogP contribution in [-0.2, 0) is 4.74 Å². The van der Waals surface area contributed by atoms with Crippen LogP contribution in [0.25, 0.3) is 0 Å². The molecule has 1 aromatic carbocycles. The minimum Gasteiger partial charge on any atom is -0.493 e. The Bertz CT molecular complexity index is 730. The lowest BCUT2D eigenvalue weighted by molar-refractivity contribution is -0.386. The van der Waals surface area contributed by atoms with Crippen molar-refractivity contribution in [2.45, 2.75) is 73.0 Å². The minimum atomic E-state index is -0.849. The Morgan fingerprint density at radius 3 is 2.28 bits per heavy atom. The quantitative estimate of drug-likeness (QED) is 0.410. The van der Waals surface area contributed by atoms with Gasteiger partial charge in [0, 0.05) is 5.54 Å². The van der Waals surface area contributed by atoms with Gasteiger partial charge in [-0.1, -0.05) is 27.7 Å². The van der Waals surface area contributed by atoms with E-state index in [-0.39, 0.29) is 22.4 Å². The Balaban J connectivity index is 3.16. The van der Waals surface area contributed by atoms with Crippen molar-refractivity contribution >= 4 is 11.8 Å². The van der Waals surface area contributed by atoms with Crippen molar-refractivity contribution in [3.05, 3.63) is 27.8 Å². The van der Waals surface area contributed by atoms with Crippen LogP contribution in [0.3, 0.4) is 0 Å². The summed E-state index contributed by atoms with van der Waals surface area (Å²) in [7, 11) is 1.46. The summed E-state index contributed by atoms with van der Waals surface area (Å²) < 4.78 is 16.6. The Hall–Kier alpha value is -2.51. The highest BCUT2D eigenvalue weighted by molar-refractivity contribution is 5.69. The first-order valence-corrected chi connectivity index (χ1v) is 9.83. The number of amides is 1. The maximum atomic E-state index is 12.2. The van der Waals surface area contributed by atoms with Crippen LogP contribution in [0.2, 0.25) is 0 Å². The van der Waals surface area contributed by atoms with E-state index in [4.69, 9.17) is 14.2 Å². The van der Waals surface area contributed by atoms with Crippen molar-refractivity contribution in [2.24, 2.45) is 5.41 Å². The molecule has 0 aliphatic rings. The molecule has 8 heteroatoms. The summed E-state index contributed by atoms with van der Waals surface area (Å²) in [6.07, 6.45) is 0.120. The number of nitrogens with zero attached hydrogens (tertiary/aromatic N) is 1. The second-order valence-electron chi connectivity index (χ2n) is 8.54. The molecular weight excluding hydrogens is 376 g/mol. The van der Waals surface area contributed by atoms with Gasteiger partial charge in [-0.2, -0.15) is 0 Å². The number of hydrogen-bond donors (Lipinski definition) is 1. The molecule has 1 amide bonds. The number of carbonyl (C=O) groups excluding carboxylic acids is 1. The standard InChI is InChI=1S/C21H34N2O6/c1-9-20(4,5)13-28-18-12-16(23(25)26)15(11-17(18)27-8)14(3)29-19(24)22-21(6,7)10-2/h11-12,14H,9-10,13H2,1-8H3,(H,22,24). The van der Waals surface area contributed by atoms with Crippen molar-refractivity contribution in [3.63, 3.8) is 0 Å². The summed E-state index contributed by atoms with van der Waals surface area (Å²) in [4.78, 5) is 23.3. The Kier molecular flexibility index (Phi) is 8.29. The van der Waals surface area contributed by atoms with Crippen molar-refractivity contribution in [2.75, 3.05) is 13.7 Å². The fourth-order valence-corrected chi connectivity index (χ4v) is 2.31. The number of ether oxygens (including phenoxy) is 3. The van der Waals surface area contributed by atoms with Gasteiger partial charge in [-0.3, -0.25) is 10.1 Å². The van der Waals surface area contributed by atoms with E-state index >= 15 is 0 Å². The summed E-state index contributed by atoms with van der Waals surface area (Å²) in [5.41, 5.74) is -0.480. The largest absolute Gasteiger partial charge is 0.493 e. The van der Waals surface area contributed by atoms with Gasteiger partial charge in [-0.25, -0.2) is 4.79 Å². The first-order valence-electron chi connectivity index (χ1n) is 9.83. The molecule has 0 radical (unpaired) electrons. The van der Waals surface area contributed by atoms with Crippen molar-refractivity contribution in [1.82, 2.24) is 5.32 Å². The van der Waals surface area contributed by atoms with Crippen LogP contribution in [0.1, 0.15) is 73.0 Å². The maximum Gasteiger partial charge on any atom is 0.408 e. The Labute approximate surface area is 173 Å². The molecule has 0 saturated carbocycles. The summed E-state index contributed by atoms with van der Waals surface area (Å²) in [6, 6.07) is 2.82. The van der Waals surface area contributed by atoms with E-state index in [1.54, 1.807) is 6.92 Å². The molecule has 8 nitrogen and oxygen atoms in total. The number of nitrogens with one attached hydrogen (secondary N) is 1. The second-order valence-corrected chi connectivity index (χ2v) is 8.54. The molecule has 164 valence electrons. The van der Waals surface area contributed by atoms with E-state index in [9.17, 15) is 14.9 Å². The first-order chi connectivity index (χ1) is 13.4. The van der Waals surface area contributed by atoms with Gasteiger partial charge < -0.3 is 19.5 Å². The Morgan fingerprint density at radius 2 is 1.79 bits per heavy atom. The highest BCUT2D eigenvalue weighted by atomic mass is 16.6. The smallest absolute Gasteiger partial charge is 0.408 e. The molecule has 29 heavy (non-hydrogen) atoms. The summed E-state index contributed by atoms with van der Waals surface area (Å²) in [5.74, 6) is 0.635. The zero-order valence-electron chi connectivity index (χ0n) is 18.8. The van der Waals surface area contributed by atoms with Crippen molar-refractivity contribution in [1.29, 1.82) is 0 Å². The maximum absolute atomic E-state index is 12.2. The fourth-order valence-electron chi connectivity index (χ4n) is 2.31. The predicted octanol–water partition coefficient (Wildman–Crippen LogP) is 5.39. The van der Waals surface area contributed by atoms with Crippen LogP contribution in [-0.4, -0.2) is 30.3 Å². The van der Waals surface area contributed by atoms with Crippen molar-refractivity contribution < 1.29 is 23.9 Å². The highest BCUT2D eigenvalue weighted by Crippen LogP contribution is 2.39. The van der Waals surface area contributed by atoms with Crippen molar-refractivity contribution in [3.8, 4) is 11.5 Å². The fraction of sp³-hybridized carbons (Fsp3) is 0.667. The van der Waals surface area contributed by atoms with Gasteiger partial charge in [-0.15, -0.1) is 0 Å². The number of methoxy groups -OCH3 is 1. The van der Waals surface area contributed by atoms with Gasteiger partial charge in [0.25, 0.3) is 5.69 Å². The molecule has 0 fully saturated rings. The third-order valence-electron chi connectivity index (χ3n) is 5.13. The average molecular weight is 411 g/mol. The number of hydrogen-bond acceptors (Lipinski definition) is 6. The van der Waals surface area contributed by atoms with Crippen LogP contribution in [0, 0.1) is 15.5 Å². The third-order valence-corrected chi connectivity index (χ3v) is 5.13. The van der Waals surface area contributed by atoms with E-state index in [0.717, 1.165) is 6.42 Å². The molecule has 0 spiro atoms. The topological polar surface area (TPSA) is 99.9 Å². The molecular formula is C21H34N2O6. The van der Waals surface area contributed by atoms with Crippen LogP contribution in [0.5, 0.6) is 11.5 Å². The number of rotatable bonds is 10. The lowest BCUT2D eigenvalue weighted by atomic mass is 9.92. The highest BCUT2D eigenvalue weighted by Gasteiger charge is 2.28.